The van der Waals surface area contributed by atoms with Crippen molar-refractivity contribution in [3.8, 4) is 0 Å². The summed E-state index contributed by atoms with van der Waals surface area (Å²) in [6.45, 7) is 0.273. The molecule has 2 amide bonds. The van der Waals surface area contributed by atoms with Gasteiger partial charge in [0.15, 0.2) is 5.82 Å². The number of hydrogen-bond donors (Lipinski definition) is 2. The van der Waals surface area contributed by atoms with Gasteiger partial charge in [0.2, 0.25) is 11.8 Å². The van der Waals surface area contributed by atoms with E-state index in [1.807, 2.05) is 0 Å². The Hall–Kier alpha value is -1.56. The first kappa shape index (κ1) is 9.97. The Kier molecular flexibility index (Phi) is 2.36. The fraction of sp³-hybridized carbons (Fsp3) is 0.375. The van der Waals surface area contributed by atoms with Crippen LogP contribution in [0.25, 0.3) is 0 Å². The third-order valence-electron chi connectivity index (χ3n) is 2.34. The highest BCUT2D eigenvalue weighted by molar-refractivity contribution is 6.29. The third-order valence-corrected chi connectivity index (χ3v) is 2.53. The van der Waals surface area contributed by atoms with Crippen molar-refractivity contribution in [2.75, 3.05) is 11.4 Å². The Bertz CT molecular complexity index is 417. The molecule has 0 saturated carbocycles. The minimum absolute atomic E-state index is 0.139. The second-order valence-corrected chi connectivity index (χ2v) is 3.79. The number of nitrogens with one attached hydrogen (secondary N) is 1. The number of H-pyrrole nitrogens is 1. The molecule has 0 aromatic carbocycles. The van der Waals surface area contributed by atoms with Gasteiger partial charge < -0.3 is 5.73 Å². The first-order valence-electron chi connectivity index (χ1n) is 4.38. The summed E-state index contributed by atoms with van der Waals surface area (Å²) in [7, 11) is 0. The van der Waals surface area contributed by atoms with Crippen LogP contribution in [0.1, 0.15) is 6.42 Å². The molecule has 1 aliphatic heterocycles. The summed E-state index contributed by atoms with van der Waals surface area (Å²) in [5.74, 6) is -0.642. The van der Waals surface area contributed by atoms with Crippen molar-refractivity contribution < 1.29 is 9.59 Å². The summed E-state index contributed by atoms with van der Waals surface area (Å²) in [6, 6.07) is 1.53. The van der Waals surface area contributed by atoms with Crippen LogP contribution in [0, 0.1) is 5.92 Å². The molecule has 0 aliphatic carbocycles. The van der Waals surface area contributed by atoms with Crippen molar-refractivity contribution in [1.29, 1.82) is 0 Å². The fourth-order valence-corrected chi connectivity index (χ4v) is 1.69. The molecule has 1 fully saturated rings. The number of primary amides is 1. The van der Waals surface area contributed by atoms with Gasteiger partial charge >= 0.3 is 0 Å². The van der Waals surface area contributed by atoms with Gasteiger partial charge in [-0.05, 0) is 0 Å². The molecule has 1 aromatic rings. The zero-order valence-corrected chi connectivity index (χ0v) is 8.49. The highest BCUT2D eigenvalue weighted by atomic mass is 35.5. The van der Waals surface area contributed by atoms with Gasteiger partial charge in [-0.2, -0.15) is 5.10 Å². The molecule has 0 radical (unpaired) electrons. The molecule has 6 nitrogen and oxygen atoms in total. The van der Waals surface area contributed by atoms with Crippen molar-refractivity contribution in [3.05, 3.63) is 11.2 Å². The lowest BCUT2D eigenvalue weighted by Crippen LogP contribution is -2.28. The minimum atomic E-state index is -0.465. The summed E-state index contributed by atoms with van der Waals surface area (Å²) in [5.41, 5.74) is 5.13. The monoisotopic (exact) mass is 228 g/mol. The van der Waals surface area contributed by atoms with Gasteiger partial charge in [-0.25, -0.2) is 0 Å². The molecule has 0 spiro atoms. The minimum Gasteiger partial charge on any atom is -0.369 e. The molecular formula is C8H9ClN4O2. The van der Waals surface area contributed by atoms with E-state index in [1.165, 1.54) is 11.0 Å². The lowest BCUT2D eigenvalue weighted by Gasteiger charge is -2.11. The molecule has 15 heavy (non-hydrogen) atoms. The van der Waals surface area contributed by atoms with E-state index >= 15 is 0 Å². The van der Waals surface area contributed by atoms with Crippen LogP contribution in [-0.2, 0) is 9.59 Å². The van der Waals surface area contributed by atoms with Gasteiger partial charge in [0.1, 0.15) is 5.15 Å². The number of aromatic amines is 1. The zero-order valence-electron chi connectivity index (χ0n) is 7.74. The van der Waals surface area contributed by atoms with Gasteiger partial charge in [0, 0.05) is 19.0 Å². The summed E-state index contributed by atoms with van der Waals surface area (Å²) in [4.78, 5) is 23.8. The van der Waals surface area contributed by atoms with E-state index in [1.54, 1.807) is 0 Å². The maximum atomic E-state index is 11.5. The summed E-state index contributed by atoms with van der Waals surface area (Å²) in [5, 5.41) is 6.70. The predicted octanol–water partition coefficient (Wildman–Crippen LogP) is -0.0987. The van der Waals surface area contributed by atoms with Gasteiger partial charge in [-0.3, -0.25) is 19.6 Å². The average Bonchev–Trinajstić information content (AvgIpc) is 2.71. The summed E-state index contributed by atoms with van der Waals surface area (Å²) in [6.07, 6.45) is 0.139. The van der Waals surface area contributed by atoms with Crippen molar-refractivity contribution in [2.45, 2.75) is 6.42 Å². The largest absolute Gasteiger partial charge is 0.369 e. The zero-order chi connectivity index (χ0) is 11.0. The Balaban J connectivity index is 2.18. The smallest absolute Gasteiger partial charge is 0.229 e. The number of carbonyl (C=O) groups is 2. The topological polar surface area (TPSA) is 92.1 Å². The molecule has 1 saturated heterocycles. The highest BCUT2D eigenvalue weighted by Gasteiger charge is 2.34. The normalized spacial score (nSPS) is 21.0. The molecule has 0 bridgehead atoms. The molecule has 2 rings (SSSR count). The van der Waals surface area contributed by atoms with Crippen molar-refractivity contribution in [2.24, 2.45) is 11.7 Å². The second kappa shape index (κ2) is 3.54. The van der Waals surface area contributed by atoms with Crippen LogP contribution in [-0.4, -0.2) is 28.6 Å². The van der Waals surface area contributed by atoms with Crippen LogP contribution in [0.3, 0.4) is 0 Å². The number of anilines is 1. The van der Waals surface area contributed by atoms with Gasteiger partial charge in [0.05, 0.1) is 5.92 Å². The molecule has 2 heterocycles. The molecule has 1 atom stereocenters. The van der Waals surface area contributed by atoms with Gasteiger partial charge in [-0.15, -0.1) is 0 Å². The van der Waals surface area contributed by atoms with Crippen LogP contribution in [0.15, 0.2) is 6.07 Å². The molecule has 80 valence electrons. The van der Waals surface area contributed by atoms with E-state index in [9.17, 15) is 9.59 Å². The molecular weight excluding hydrogens is 220 g/mol. The standard InChI is InChI=1S/C8H9ClN4O2/c9-5-2-6(12-11-5)13-3-4(8(10)15)1-7(13)14/h2,4H,1,3H2,(H2,10,15)(H,11,12). The van der Waals surface area contributed by atoms with Crippen LogP contribution >= 0.6 is 11.6 Å². The molecule has 1 unspecified atom stereocenters. The SMILES string of the molecule is NC(=O)C1CC(=O)N(c2cc(Cl)[nH]n2)C1. The van der Waals surface area contributed by atoms with Crippen molar-refractivity contribution in [3.63, 3.8) is 0 Å². The van der Waals surface area contributed by atoms with Crippen molar-refractivity contribution >= 4 is 29.2 Å². The predicted molar refractivity (Wildman–Crippen MR) is 53.3 cm³/mol. The van der Waals surface area contributed by atoms with Crippen LogP contribution in [0.5, 0.6) is 0 Å². The van der Waals surface area contributed by atoms with E-state index < -0.39 is 11.8 Å². The van der Waals surface area contributed by atoms with Gasteiger partial charge in [0.25, 0.3) is 0 Å². The van der Waals surface area contributed by atoms with Crippen molar-refractivity contribution in [1.82, 2.24) is 10.2 Å². The highest BCUT2D eigenvalue weighted by Crippen LogP contribution is 2.24. The molecule has 1 aliphatic rings. The average molecular weight is 229 g/mol. The van der Waals surface area contributed by atoms with E-state index in [2.05, 4.69) is 10.2 Å². The fourth-order valence-electron chi connectivity index (χ4n) is 1.55. The number of rotatable bonds is 2. The third kappa shape index (κ3) is 1.80. The Morgan fingerprint density at radius 3 is 2.93 bits per heavy atom. The number of aromatic nitrogens is 2. The Morgan fingerprint density at radius 1 is 1.73 bits per heavy atom. The number of carbonyl (C=O) groups excluding carboxylic acids is 2. The van der Waals surface area contributed by atoms with Crippen LogP contribution in [0.2, 0.25) is 5.15 Å². The van der Waals surface area contributed by atoms with E-state index in [0.29, 0.717) is 11.0 Å². The Morgan fingerprint density at radius 2 is 2.47 bits per heavy atom. The van der Waals surface area contributed by atoms with E-state index in [4.69, 9.17) is 17.3 Å². The first-order valence-corrected chi connectivity index (χ1v) is 4.76. The van der Waals surface area contributed by atoms with E-state index in [-0.39, 0.29) is 18.9 Å². The van der Waals surface area contributed by atoms with E-state index in [0.717, 1.165) is 0 Å². The number of amides is 2. The quantitative estimate of drug-likeness (QED) is 0.741. The number of nitrogens with two attached hydrogens (primary N) is 1. The number of nitrogens with zero attached hydrogens (tertiary/aromatic N) is 2. The summed E-state index contributed by atoms with van der Waals surface area (Å²) < 4.78 is 0. The second-order valence-electron chi connectivity index (χ2n) is 3.38. The lowest BCUT2D eigenvalue weighted by molar-refractivity contribution is -0.123. The molecule has 7 heteroatoms. The maximum absolute atomic E-state index is 11.5. The molecule has 3 N–H and O–H groups in total. The Labute approximate surface area is 90.4 Å². The first-order chi connectivity index (χ1) is 7.08. The van der Waals surface area contributed by atoms with Gasteiger partial charge in [-0.1, -0.05) is 11.6 Å². The number of hydrogen-bond acceptors (Lipinski definition) is 3. The number of halogens is 1. The summed E-state index contributed by atoms with van der Waals surface area (Å²) >= 11 is 5.64. The maximum Gasteiger partial charge on any atom is 0.229 e. The lowest BCUT2D eigenvalue weighted by atomic mass is 10.1. The molecule has 1 aromatic heterocycles. The van der Waals surface area contributed by atoms with Crippen LogP contribution in [0.4, 0.5) is 5.82 Å². The van der Waals surface area contributed by atoms with Crippen LogP contribution < -0.4 is 10.6 Å².